The lowest BCUT2D eigenvalue weighted by Crippen LogP contribution is -2.43. The van der Waals surface area contributed by atoms with Crippen molar-refractivity contribution in [2.45, 2.75) is 64.5 Å². The van der Waals surface area contributed by atoms with Crippen molar-refractivity contribution in [1.29, 1.82) is 0 Å². The molecule has 1 N–H and O–H groups in total. The Hall–Kier alpha value is -0.900. The zero-order valence-corrected chi connectivity index (χ0v) is 10.7. The van der Waals surface area contributed by atoms with Gasteiger partial charge in [-0.05, 0) is 25.2 Å². The van der Waals surface area contributed by atoms with Gasteiger partial charge in [0.25, 0.3) is 0 Å². The lowest BCUT2D eigenvalue weighted by molar-refractivity contribution is -0.134. The summed E-state index contributed by atoms with van der Waals surface area (Å²) in [6.07, 6.45) is 4.75. The lowest BCUT2D eigenvalue weighted by Gasteiger charge is -2.32. The van der Waals surface area contributed by atoms with Gasteiger partial charge in [-0.1, -0.05) is 26.7 Å². The van der Waals surface area contributed by atoms with E-state index in [1.54, 1.807) is 5.01 Å². The second kappa shape index (κ2) is 5.17. The van der Waals surface area contributed by atoms with Gasteiger partial charge in [-0.25, -0.2) is 5.01 Å². The number of carbonyl (C=O) groups excluding carboxylic acids is 1. The van der Waals surface area contributed by atoms with Crippen LogP contribution in [0.3, 0.4) is 0 Å². The quantitative estimate of drug-likeness (QED) is 0.816. The van der Waals surface area contributed by atoms with E-state index < -0.39 is 6.10 Å². The fourth-order valence-corrected chi connectivity index (χ4v) is 2.72. The number of carbonyl (C=O) groups is 1. The largest absolute Gasteiger partial charge is 0.391 e. The summed E-state index contributed by atoms with van der Waals surface area (Å²) in [6, 6.07) is -0.0825. The summed E-state index contributed by atoms with van der Waals surface area (Å²) < 4.78 is 0. The van der Waals surface area contributed by atoms with Crippen LogP contribution in [0.4, 0.5) is 0 Å². The summed E-state index contributed by atoms with van der Waals surface area (Å²) in [5, 5.41) is 15.9. The third-order valence-electron chi connectivity index (χ3n) is 3.51. The number of rotatable bonds is 3. The minimum Gasteiger partial charge on any atom is -0.391 e. The monoisotopic (exact) mass is 238 g/mol. The molecule has 1 fully saturated rings. The van der Waals surface area contributed by atoms with E-state index in [1.807, 2.05) is 0 Å². The molecule has 2 unspecified atom stereocenters. The molecule has 0 aromatic carbocycles. The summed E-state index contributed by atoms with van der Waals surface area (Å²) >= 11 is 0. The van der Waals surface area contributed by atoms with Gasteiger partial charge in [-0.2, -0.15) is 5.10 Å². The minimum absolute atomic E-state index is 0.0617. The maximum absolute atomic E-state index is 11.9. The lowest BCUT2D eigenvalue weighted by atomic mass is 9.92. The third-order valence-corrected chi connectivity index (χ3v) is 3.51. The average Bonchev–Trinajstić information content (AvgIpc) is 2.59. The molecule has 1 amide bonds. The molecule has 1 aliphatic heterocycles. The molecule has 2 rings (SSSR count). The van der Waals surface area contributed by atoms with Crippen molar-refractivity contribution >= 4 is 11.6 Å². The second-order valence-electron chi connectivity index (χ2n) is 5.60. The molecule has 0 radical (unpaired) electrons. The number of amides is 1. The van der Waals surface area contributed by atoms with Crippen molar-refractivity contribution in [3.8, 4) is 0 Å². The molecule has 0 spiro atoms. The van der Waals surface area contributed by atoms with Gasteiger partial charge in [-0.3, -0.25) is 4.79 Å². The summed E-state index contributed by atoms with van der Waals surface area (Å²) in [6.45, 7) is 4.26. The van der Waals surface area contributed by atoms with Gasteiger partial charge < -0.3 is 5.11 Å². The molecule has 0 aromatic heterocycles. The SMILES string of the molecule is CC(C)CC1=NN(C2CCCCC2O)C(=O)C1. The Morgan fingerprint density at radius 1 is 1.41 bits per heavy atom. The molecule has 1 aliphatic carbocycles. The van der Waals surface area contributed by atoms with Crippen LogP contribution in [0, 0.1) is 5.92 Å². The van der Waals surface area contributed by atoms with Crippen molar-refractivity contribution in [3.05, 3.63) is 0 Å². The number of hydrogen-bond acceptors (Lipinski definition) is 3. The molecule has 0 saturated heterocycles. The number of hydrazone groups is 1. The van der Waals surface area contributed by atoms with Crippen molar-refractivity contribution in [2.75, 3.05) is 0 Å². The molecule has 2 atom stereocenters. The molecule has 0 bridgehead atoms. The molecule has 4 heteroatoms. The maximum Gasteiger partial charge on any atom is 0.248 e. The molecular formula is C13H22N2O2. The smallest absolute Gasteiger partial charge is 0.248 e. The van der Waals surface area contributed by atoms with Gasteiger partial charge in [0.05, 0.1) is 18.6 Å². The standard InChI is InChI=1S/C13H22N2O2/c1-9(2)7-10-8-13(17)15(14-10)11-5-3-4-6-12(11)16/h9,11-12,16H,3-8H2,1-2H3. The predicted molar refractivity (Wildman–Crippen MR) is 66.6 cm³/mol. The van der Waals surface area contributed by atoms with Gasteiger partial charge in [0.1, 0.15) is 0 Å². The van der Waals surface area contributed by atoms with Crippen LogP contribution >= 0.6 is 0 Å². The van der Waals surface area contributed by atoms with Crippen molar-refractivity contribution in [3.63, 3.8) is 0 Å². The van der Waals surface area contributed by atoms with Crippen LogP contribution in [0.2, 0.25) is 0 Å². The summed E-state index contributed by atoms with van der Waals surface area (Å²) in [5.41, 5.74) is 0.975. The van der Waals surface area contributed by atoms with E-state index in [9.17, 15) is 9.90 Å². The highest BCUT2D eigenvalue weighted by Gasteiger charge is 2.35. The van der Waals surface area contributed by atoms with Crippen LogP contribution in [0.5, 0.6) is 0 Å². The van der Waals surface area contributed by atoms with E-state index in [0.29, 0.717) is 12.3 Å². The topological polar surface area (TPSA) is 52.9 Å². The molecule has 1 saturated carbocycles. The molecule has 0 aromatic rings. The number of aliphatic hydroxyl groups excluding tert-OH is 1. The number of nitrogens with zero attached hydrogens (tertiary/aromatic N) is 2. The fraction of sp³-hybridized carbons (Fsp3) is 0.846. The minimum atomic E-state index is -0.394. The Morgan fingerprint density at radius 2 is 2.12 bits per heavy atom. The molecule has 17 heavy (non-hydrogen) atoms. The Labute approximate surface area is 103 Å². The fourth-order valence-electron chi connectivity index (χ4n) is 2.72. The van der Waals surface area contributed by atoms with E-state index in [4.69, 9.17) is 0 Å². The summed E-state index contributed by atoms with van der Waals surface area (Å²) in [4.78, 5) is 11.9. The first-order valence-corrected chi connectivity index (χ1v) is 6.64. The van der Waals surface area contributed by atoms with E-state index in [-0.39, 0.29) is 11.9 Å². The highest BCUT2D eigenvalue weighted by molar-refractivity contribution is 6.05. The van der Waals surface area contributed by atoms with Crippen LogP contribution in [0.15, 0.2) is 5.10 Å². The van der Waals surface area contributed by atoms with Crippen LogP contribution in [0.25, 0.3) is 0 Å². The Morgan fingerprint density at radius 3 is 2.76 bits per heavy atom. The maximum atomic E-state index is 11.9. The van der Waals surface area contributed by atoms with E-state index in [1.165, 1.54) is 0 Å². The zero-order chi connectivity index (χ0) is 12.4. The number of hydrogen-bond donors (Lipinski definition) is 1. The first kappa shape index (κ1) is 12.6. The first-order valence-electron chi connectivity index (χ1n) is 6.64. The highest BCUT2D eigenvalue weighted by Crippen LogP contribution is 2.27. The summed E-state index contributed by atoms with van der Waals surface area (Å²) in [7, 11) is 0. The first-order chi connectivity index (χ1) is 8.08. The molecular weight excluding hydrogens is 216 g/mol. The van der Waals surface area contributed by atoms with E-state index >= 15 is 0 Å². The Balaban J connectivity index is 2.04. The van der Waals surface area contributed by atoms with Crippen LogP contribution in [-0.2, 0) is 4.79 Å². The molecule has 4 nitrogen and oxygen atoms in total. The van der Waals surface area contributed by atoms with E-state index in [0.717, 1.165) is 37.8 Å². The zero-order valence-electron chi connectivity index (χ0n) is 10.7. The van der Waals surface area contributed by atoms with Crippen molar-refractivity contribution in [2.24, 2.45) is 11.0 Å². The normalized spacial score (nSPS) is 30.0. The molecule has 1 heterocycles. The molecule has 2 aliphatic rings. The van der Waals surface area contributed by atoms with Gasteiger partial charge >= 0.3 is 0 Å². The average molecular weight is 238 g/mol. The predicted octanol–water partition coefficient (Wildman–Crippen LogP) is 1.92. The van der Waals surface area contributed by atoms with Gasteiger partial charge in [0, 0.05) is 5.71 Å². The van der Waals surface area contributed by atoms with Crippen LogP contribution in [-0.4, -0.2) is 33.9 Å². The Kier molecular flexibility index (Phi) is 3.82. The molecule has 96 valence electrons. The van der Waals surface area contributed by atoms with Gasteiger partial charge in [0.2, 0.25) is 5.91 Å². The highest BCUT2D eigenvalue weighted by atomic mass is 16.3. The van der Waals surface area contributed by atoms with Crippen LogP contribution in [0.1, 0.15) is 52.4 Å². The van der Waals surface area contributed by atoms with Crippen LogP contribution < -0.4 is 0 Å². The van der Waals surface area contributed by atoms with Crippen molar-refractivity contribution < 1.29 is 9.90 Å². The van der Waals surface area contributed by atoms with E-state index in [2.05, 4.69) is 18.9 Å². The van der Waals surface area contributed by atoms with Gasteiger partial charge in [0.15, 0.2) is 0 Å². The second-order valence-corrected chi connectivity index (χ2v) is 5.60. The third kappa shape index (κ3) is 2.86. The number of aliphatic hydroxyl groups is 1. The van der Waals surface area contributed by atoms with Crippen molar-refractivity contribution in [1.82, 2.24) is 5.01 Å². The summed E-state index contributed by atoms with van der Waals surface area (Å²) in [5.74, 6) is 0.587. The Bertz CT molecular complexity index is 325. The van der Waals surface area contributed by atoms with Gasteiger partial charge in [-0.15, -0.1) is 0 Å².